The Morgan fingerprint density at radius 2 is 2.27 bits per heavy atom. The predicted octanol–water partition coefficient (Wildman–Crippen LogP) is 1.83. The highest BCUT2D eigenvalue weighted by Crippen LogP contribution is 2.29. The fourth-order valence-corrected chi connectivity index (χ4v) is 1.32. The Morgan fingerprint density at radius 3 is 2.73 bits per heavy atom. The summed E-state index contributed by atoms with van der Waals surface area (Å²) in [5, 5.41) is 18.3. The smallest absolute Gasteiger partial charge is 0.343 e. The van der Waals surface area contributed by atoms with Crippen LogP contribution >= 0.6 is 0 Å². The molecule has 0 aliphatic rings. The van der Waals surface area contributed by atoms with Crippen LogP contribution in [0, 0.1) is 0 Å². The van der Waals surface area contributed by atoms with Gasteiger partial charge in [0.1, 0.15) is 17.1 Å². The molecular formula is C11H12O4. The van der Waals surface area contributed by atoms with Crippen LogP contribution in [0.2, 0.25) is 0 Å². The first-order valence-electron chi connectivity index (χ1n) is 4.34. The number of rotatable bonds is 4. The second-order valence-corrected chi connectivity index (χ2v) is 2.99. The minimum Gasteiger partial charge on any atom is -0.507 e. The Hall–Kier alpha value is -1.97. The third-order valence-electron chi connectivity index (χ3n) is 1.95. The van der Waals surface area contributed by atoms with E-state index in [2.05, 4.69) is 6.58 Å². The Balaban J connectivity index is 3.30. The van der Waals surface area contributed by atoms with Crippen molar-refractivity contribution >= 4 is 5.97 Å². The highest BCUT2D eigenvalue weighted by Gasteiger charge is 2.17. The van der Waals surface area contributed by atoms with E-state index in [0.29, 0.717) is 6.42 Å². The van der Waals surface area contributed by atoms with Crippen LogP contribution in [-0.4, -0.2) is 23.3 Å². The molecule has 1 aromatic carbocycles. The molecule has 4 nitrogen and oxygen atoms in total. The summed E-state index contributed by atoms with van der Waals surface area (Å²) in [5.74, 6) is -1.35. The average Bonchev–Trinajstić information content (AvgIpc) is 2.16. The number of carboxylic acids is 1. The molecule has 0 saturated heterocycles. The largest absolute Gasteiger partial charge is 0.507 e. The maximum atomic E-state index is 10.8. The first kappa shape index (κ1) is 11.1. The molecule has 2 N–H and O–H groups in total. The second kappa shape index (κ2) is 4.50. The van der Waals surface area contributed by atoms with E-state index in [1.807, 2.05) is 0 Å². The summed E-state index contributed by atoms with van der Waals surface area (Å²) in [7, 11) is 1.36. The first-order valence-corrected chi connectivity index (χ1v) is 4.34. The molecule has 0 saturated carbocycles. The predicted molar refractivity (Wildman–Crippen MR) is 55.5 cm³/mol. The van der Waals surface area contributed by atoms with Crippen LogP contribution in [0.3, 0.4) is 0 Å². The molecule has 4 heteroatoms. The molecule has 1 aromatic rings. The van der Waals surface area contributed by atoms with Crippen molar-refractivity contribution in [1.29, 1.82) is 0 Å². The highest BCUT2D eigenvalue weighted by atomic mass is 16.5. The van der Waals surface area contributed by atoms with Gasteiger partial charge in [0, 0.05) is 0 Å². The molecule has 0 atom stereocenters. The van der Waals surface area contributed by atoms with Crippen LogP contribution in [0.4, 0.5) is 0 Å². The molecule has 1 rings (SSSR count). The van der Waals surface area contributed by atoms with E-state index in [1.54, 1.807) is 12.1 Å². The lowest BCUT2D eigenvalue weighted by atomic mass is 10.1. The quantitative estimate of drug-likeness (QED) is 0.741. The fraction of sp³-hybridized carbons (Fsp3) is 0.182. The zero-order valence-electron chi connectivity index (χ0n) is 8.36. The summed E-state index contributed by atoms with van der Waals surface area (Å²) in [6.45, 7) is 3.56. The van der Waals surface area contributed by atoms with Crippen molar-refractivity contribution < 1.29 is 19.7 Å². The molecule has 0 bridgehead atoms. The van der Waals surface area contributed by atoms with Gasteiger partial charge in [0.25, 0.3) is 0 Å². The Labute approximate surface area is 87.4 Å². The minimum absolute atomic E-state index is 0.152. The molecule has 0 radical (unpaired) electrons. The van der Waals surface area contributed by atoms with Crippen molar-refractivity contribution in [2.24, 2.45) is 0 Å². The molecular weight excluding hydrogens is 196 g/mol. The SMILES string of the molecule is C=CCc1cc(O)c(C(=O)O)c(OC)c1. The van der Waals surface area contributed by atoms with E-state index < -0.39 is 5.97 Å². The van der Waals surface area contributed by atoms with Gasteiger partial charge < -0.3 is 14.9 Å². The van der Waals surface area contributed by atoms with Crippen LogP contribution < -0.4 is 4.74 Å². The molecule has 15 heavy (non-hydrogen) atoms. The van der Waals surface area contributed by atoms with Gasteiger partial charge in [-0.1, -0.05) is 6.08 Å². The molecule has 0 aliphatic carbocycles. The number of phenols is 1. The standard InChI is InChI=1S/C11H12O4/c1-3-4-7-5-8(12)10(11(13)14)9(6-7)15-2/h3,5-6,12H,1,4H2,2H3,(H,13,14). The maximum absolute atomic E-state index is 10.8. The van der Waals surface area contributed by atoms with Gasteiger partial charge in [-0.15, -0.1) is 6.58 Å². The summed E-state index contributed by atoms with van der Waals surface area (Å²) >= 11 is 0. The number of aromatic hydroxyl groups is 1. The van der Waals surface area contributed by atoms with Gasteiger partial charge in [-0.2, -0.15) is 0 Å². The van der Waals surface area contributed by atoms with Gasteiger partial charge in [0.2, 0.25) is 0 Å². The van der Waals surface area contributed by atoms with Gasteiger partial charge >= 0.3 is 5.97 Å². The van der Waals surface area contributed by atoms with E-state index in [-0.39, 0.29) is 17.1 Å². The number of aromatic carboxylic acids is 1. The lowest BCUT2D eigenvalue weighted by Gasteiger charge is -2.08. The van der Waals surface area contributed by atoms with Crippen LogP contribution in [-0.2, 0) is 6.42 Å². The Morgan fingerprint density at radius 1 is 1.60 bits per heavy atom. The summed E-state index contributed by atoms with van der Waals surface area (Å²) < 4.78 is 4.90. The number of hydrogen-bond donors (Lipinski definition) is 2. The topological polar surface area (TPSA) is 66.8 Å². The summed E-state index contributed by atoms with van der Waals surface area (Å²) in [4.78, 5) is 10.8. The van der Waals surface area contributed by atoms with E-state index in [4.69, 9.17) is 9.84 Å². The summed E-state index contributed by atoms with van der Waals surface area (Å²) in [5.41, 5.74) is 0.537. The number of carboxylic acid groups (broad SMARTS) is 1. The number of ether oxygens (including phenoxy) is 1. The molecule has 80 valence electrons. The zero-order valence-corrected chi connectivity index (χ0v) is 8.36. The maximum Gasteiger partial charge on any atom is 0.343 e. The molecule has 0 fully saturated rings. The van der Waals surface area contributed by atoms with Crippen molar-refractivity contribution in [1.82, 2.24) is 0 Å². The monoisotopic (exact) mass is 208 g/mol. The van der Waals surface area contributed by atoms with Gasteiger partial charge in [0.05, 0.1) is 7.11 Å². The summed E-state index contributed by atoms with van der Waals surface area (Å²) in [6.07, 6.45) is 2.21. The van der Waals surface area contributed by atoms with Crippen LogP contribution in [0.15, 0.2) is 24.8 Å². The highest BCUT2D eigenvalue weighted by molar-refractivity contribution is 5.94. The average molecular weight is 208 g/mol. The Bertz CT molecular complexity index is 396. The number of methoxy groups -OCH3 is 1. The summed E-state index contributed by atoms with van der Waals surface area (Å²) in [6, 6.07) is 2.97. The normalized spacial score (nSPS) is 9.67. The van der Waals surface area contributed by atoms with Crippen LogP contribution in [0.5, 0.6) is 11.5 Å². The lowest BCUT2D eigenvalue weighted by molar-refractivity contribution is 0.0690. The number of benzene rings is 1. The van der Waals surface area contributed by atoms with Gasteiger partial charge in [0.15, 0.2) is 0 Å². The van der Waals surface area contributed by atoms with E-state index in [9.17, 15) is 9.90 Å². The molecule has 0 aromatic heterocycles. The van der Waals surface area contributed by atoms with E-state index in [0.717, 1.165) is 5.56 Å². The molecule has 0 aliphatic heterocycles. The van der Waals surface area contributed by atoms with Crippen molar-refractivity contribution in [2.75, 3.05) is 7.11 Å². The van der Waals surface area contributed by atoms with E-state index >= 15 is 0 Å². The second-order valence-electron chi connectivity index (χ2n) is 2.99. The van der Waals surface area contributed by atoms with Crippen molar-refractivity contribution in [3.63, 3.8) is 0 Å². The third kappa shape index (κ3) is 2.28. The van der Waals surface area contributed by atoms with Crippen molar-refractivity contribution in [3.05, 3.63) is 35.9 Å². The van der Waals surface area contributed by atoms with Gasteiger partial charge in [-0.25, -0.2) is 4.79 Å². The fourth-order valence-electron chi connectivity index (χ4n) is 1.32. The van der Waals surface area contributed by atoms with Crippen LogP contribution in [0.1, 0.15) is 15.9 Å². The lowest BCUT2D eigenvalue weighted by Crippen LogP contribution is -2.02. The third-order valence-corrected chi connectivity index (χ3v) is 1.95. The van der Waals surface area contributed by atoms with Crippen molar-refractivity contribution in [3.8, 4) is 11.5 Å². The van der Waals surface area contributed by atoms with Gasteiger partial charge in [-0.3, -0.25) is 0 Å². The number of allylic oxidation sites excluding steroid dienone is 1. The molecule has 0 amide bonds. The zero-order chi connectivity index (χ0) is 11.4. The number of hydrogen-bond acceptors (Lipinski definition) is 3. The number of carbonyl (C=O) groups is 1. The molecule has 0 heterocycles. The molecule has 0 unspecified atom stereocenters. The Kier molecular flexibility index (Phi) is 3.33. The first-order chi connectivity index (χ1) is 7.10. The molecule has 0 spiro atoms. The minimum atomic E-state index is -1.21. The van der Waals surface area contributed by atoms with E-state index in [1.165, 1.54) is 13.2 Å². The van der Waals surface area contributed by atoms with Crippen molar-refractivity contribution in [2.45, 2.75) is 6.42 Å². The van der Waals surface area contributed by atoms with Gasteiger partial charge in [-0.05, 0) is 24.1 Å². The van der Waals surface area contributed by atoms with Crippen LogP contribution in [0.25, 0.3) is 0 Å².